The van der Waals surface area contributed by atoms with Crippen LogP contribution >= 0.6 is 15.6 Å². The Hall–Kier alpha value is -3.44. The third-order valence-corrected chi connectivity index (χ3v) is 9.67. The average molecular weight is 691 g/mol. The fourth-order valence-electron chi connectivity index (χ4n) is 5.59. The molecule has 3 aliphatic heterocycles. The van der Waals surface area contributed by atoms with E-state index in [9.17, 15) is 38.3 Å². The molecule has 0 aromatic carbocycles. The number of nitrogen functional groups attached to an aromatic ring is 2. The van der Waals surface area contributed by atoms with E-state index in [0.29, 0.717) is 0 Å². The van der Waals surface area contributed by atoms with Gasteiger partial charge in [0.25, 0.3) is 5.56 Å². The minimum Gasteiger partial charge on any atom is -0.386 e. The number of aliphatic hydroxyl groups is 2. The van der Waals surface area contributed by atoms with Gasteiger partial charge in [-0.1, -0.05) is 0 Å². The second-order valence-electron chi connectivity index (χ2n) is 10.5. The zero-order valence-electron chi connectivity index (χ0n) is 22.9. The molecule has 3 saturated heterocycles. The number of ether oxygens (including phenoxy) is 2. The lowest BCUT2D eigenvalue weighted by atomic mass is 10.1. The number of imidazole rings is 1. The van der Waals surface area contributed by atoms with Crippen LogP contribution in [0.1, 0.15) is 6.23 Å². The third kappa shape index (κ3) is 5.01. The molecule has 25 heteroatoms. The summed E-state index contributed by atoms with van der Waals surface area (Å²) in [5.74, 6) is -1.46. The fourth-order valence-corrected chi connectivity index (χ4v) is 7.59. The van der Waals surface area contributed by atoms with E-state index in [1.165, 1.54) is 0 Å². The first-order valence-electron chi connectivity index (χ1n) is 13.2. The molecule has 248 valence electrons. The summed E-state index contributed by atoms with van der Waals surface area (Å²) in [5.41, 5.74) is 7.57. The van der Waals surface area contributed by atoms with Gasteiger partial charge in [0, 0.05) is 6.20 Å². The van der Waals surface area contributed by atoms with E-state index in [0.717, 1.165) is 28.0 Å². The number of rotatable bonds is 2. The van der Waals surface area contributed by atoms with Crippen molar-refractivity contribution in [3.8, 4) is 0 Å². The molecule has 0 aliphatic carbocycles. The van der Waals surface area contributed by atoms with Gasteiger partial charge in [0.1, 0.15) is 42.7 Å². The van der Waals surface area contributed by atoms with Crippen LogP contribution in [0.3, 0.4) is 0 Å². The van der Waals surface area contributed by atoms with E-state index in [1.807, 2.05) is 0 Å². The van der Waals surface area contributed by atoms with Gasteiger partial charge in [-0.25, -0.2) is 28.5 Å². The third-order valence-electron chi connectivity index (χ3n) is 7.66. The number of aliphatic hydroxyl groups excluding tert-OH is 2. The molecule has 9 N–H and O–H groups in total. The van der Waals surface area contributed by atoms with E-state index in [2.05, 4.69) is 24.9 Å². The van der Waals surface area contributed by atoms with Gasteiger partial charge in [-0.2, -0.15) is 4.98 Å². The normalized spacial score (nSPS) is 37.2. The summed E-state index contributed by atoms with van der Waals surface area (Å²) < 4.78 is 75.5. The Kier molecular flexibility index (Phi) is 7.32. The number of halogens is 1. The molecule has 3 aliphatic rings. The summed E-state index contributed by atoms with van der Waals surface area (Å²) >= 11 is 0. The number of hydrogen-bond donors (Lipinski definition) is 7. The smallest absolute Gasteiger partial charge is 0.386 e. The molecule has 0 radical (unpaired) electrons. The molecular formula is C21H24FN9O13P2. The highest BCUT2D eigenvalue weighted by atomic mass is 31.2. The maximum absolute atomic E-state index is 14.8. The van der Waals surface area contributed by atoms with E-state index < -0.39 is 89.3 Å². The Bertz CT molecular complexity index is 2010. The van der Waals surface area contributed by atoms with Crippen molar-refractivity contribution in [3.63, 3.8) is 0 Å². The Labute approximate surface area is 253 Å². The molecule has 3 fully saturated rings. The van der Waals surface area contributed by atoms with E-state index >= 15 is 0 Å². The lowest BCUT2D eigenvalue weighted by molar-refractivity contribution is -0.109. The standard InChI is InChI=1S/C21H24FN9O13P2/c22-7-1-30(16-10(7)15(23)25-5-26-16)19-12(32)13-8(42-19)2-41-46(37,38)44-21(4-39-9(14(21)33)3-40-45(35,36)43-13)31-6-27-11-17(31)28-20(24)29-18(11)34/h1,5-6,8-9,12-14,19,32-33H,2-4H2,(H,35,36)(H,37,38)(H2,23,25,26)(H3,24,28,29,34)/t8?,9-,12-,13-,14-,19-,21-/m1/s1. The van der Waals surface area contributed by atoms with Crippen molar-refractivity contribution in [1.29, 1.82) is 0 Å². The highest BCUT2D eigenvalue weighted by Gasteiger charge is 2.58. The number of H-pyrrole nitrogens is 1. The number of nitrogens with two attached hydrogens (primary N) is 2. The molecule has 3 unspecified atom stereocenters. The molecule has 0 amide bonds. The van der Waals surface area contributed by atoms with Crippen molar-refractivity contribution in [1.82, 2.24) is 34.1 Å². The topological polar surface area (TPSA) is 317 Å². The average Bonchev–Trinajstić information content (AvgIpc) is 3.71. The minimum absolute atomic E-state index is 0.117. The second kappa shape index (κ2) is 10.8. The van der Waals surface area contributed by atoms with Crippen LogP contribution in [0.2, 0.25) is 0 Å². The van der Waals surface area contributed by atoms with Crippen LogP contribution in [0.4, 0.5) is 16.2 Å². The molecule has 0 saturated carbocycles. The van der Waals surface area contributed by atoms with Crippen LogP contribution in [-0.4, -0.2) is 104 Å². The molecule has 22 nitrogen and oxygen atoms in total. The number of hydrogen-bond acceptors (Lipinski definition) is 17. The lowest BCUT2D eigenvalue weighted by Crippen LogP contribution is -2.48. The second-order valence-corrected chi connectivity index (χ2v) is 13.2. The number of nitrogens with one attached hydrogen (secondary N) is 1. The monoisotopic (exact) mass is 691 g/mol. The first-order valence-corrected chi connectivity index (χ1v) is 16.2. The molecule has 2 bridgehead atoms. The van der Waals surface area contributed by atoms with Crippen molar-refractivity contribution in [2.75, 3.05) is 31.3 Å². The minimum atomic E-state index is -5.31. The molecule has 7 heterocycles. The van der Waals surface area contributed by atoms with Crippen molar-refractivity contribution in [2.24, 2.45) is 0 Å². The van der Waals surface area contributed by atoms with Crippen molar-refractivity contribution >= 4 is 49.6 Å². The van der Waals surface area contributed by atoms with Crippen LogP contribution in [-0.2, 0) is 42.4 Å². The van der Waals surface area contributed by atoms with Gasteiger partial charge in [0.2, 0.25) is 11.7 Å². The molecular weight excluding hydrogens is 667 g/mol. The summed E-state index contributed by atoms with van der Waals surface area (Å²) in [6.07, 6.45) is -7.40. The summed E-state index contributed by atoms with van der Waals surface area (Å²) in [6, 6.07) is 0. The van der Waals surface area contributed by atoms with Gasteiger partial charge < -0.3 is 45.5 Å². The van der Waals surface area contributed by atoms with Gasteiger partial charge >= 0.3 is 15.6 Å². The van der Waals surface area contributed by atoms with E-state index in [-0.39, 0.29) is 34.0 Å². The van der Waals surface area contributed by atoms with Gasteiger partial charge in [0.05, 0.1) is 31.5 Å². The van der Waals surface area contributed by atoms with Gasteiger partial charge in [-0.05, 0) is 0 Å². The van der Waals surface area contributed by atoms with Crippen molar-refractivity contribution in [3.05, 3.63) is 35.0 Å². The van der Waals surface area contributed by atoms with Crippen LogP contribution in [0.15, 0.2) is 23.6 Å². The van der Waals surface area contributed by atoms with Crippen LogP contribution in [0.5, 0.6) is 0 Å². The SMILES string of the molecule is Nc1nc2c(ncn2[C@]23CO[C@H](COP(=O)(O)O[C@@H]4C(COP(=O)(O)O2)O[C@@H](n2cc(F)c5c(N)ncnc52)[C@@H]4O)[C@H]3O)c(=O)[nH]1. The highest BCUT2D eigenvalue weighted by Crippen LogP contribution is 2.55. The molecule has 9 atom stereocenters. The molecule has 4 aromatic heterocycles. The number of anilines is 2. The number of nitrogens with zero attached hydrogens (tertiary/aromatic N) is 6. The maximum Gasteiger partial charge on any atom is 0.474 e. The Balaban J connectivity index is 1.26. The summed E-state index contributed by atoms with van der Waals surface area (Å²) in [4.78, 5) is 51.7. The van der Waals surface area contributed by atoms with Gasteiger partial charge in [-0.3, -0.25) is 32.4 Å². The zero-order chi connectivity index (χ0) is 32.8. The maximum atomic E-state index is 14.8. The Morgan fingerprint density at radius 3 is 2.59 bits per heavy atom. The predicted molar refractivity (Wildman–Crippen MR) is 146 cm³/mol. The van der Waals surface area contributed by atoms with E-state index in [4.69, 9.17) is 39.0 Å². The fraction of sp³-hybridized carbons (Fsp3) is 0.476. The molecule has 7 rings (SSSR count). The first kappa shape index (κ1) is 31.2. The van der Waals surface area contributed by atoms with Crippen molar-refractivity contribution < 1.29 is 61.1 Å². The Morgan fingerprint density at radius 1 is 1.07 bits per heavy atom. The number of phosphoric ester groups is 2. The quantitative estimate of drug-likeness (QED) is 0.114. The Morgan fingerprint density at radius 2 is 1.80 bits per heavy atom. The first-order chi connectivity index (χ1) is 21.7. The largest absolute Gasteiger partial charge is 0.474 e. The summed E-state index contributed by atoms with van der Waals surface area (Å²) in [6.45, 7) is -2.52. The van der Waals surface area contributed by atoms with Crippen LogP contribution < -0.4 is 17.0 Å². The van der Waals surface area contributed by atoms with Crippen LogP contribution in [0.25, 0.3) is 22.2 Å². The summed E-state index contributed by atoms with van der Waals surface area (Å²) in [5, 5.41) is 22.3. The van der Waals surface area contributed by atoms with E-state index in [1.54, 1.807) is 0 Å². The predicted octanol–water partition coefficient (Wildman–Crippen LogP) is -1.81. The molecule has 46 heavy (non-hydrogen) atoms. The summed E-state index contributed by atoms with van der Waals surface area (Å²) in [7, 11) is -10.4. The van der Waals surface area contributed by atoms with Gasteiger partial charge in [0.15, 0.2) is 28.9 Å². The van der Waals surface area contributed by atoms with Gasteiger partial charge in [-0.15, -0.1) is 0 Å². The number of phosphoric acid groups is 2. The lowest BCUT2D eigenvalue weighted by Gasteiger charge is -2.34. The van der Waals surface area contributed by atoms with Crippen molar-refractivity contribution in [2.45, 2.75) is 42.5 Å². The number of fused-ring (bicyclic) bond motifs is 5. The molecule has 0 spiro atoms. The molecule has 4 aromatic rings. The van der Waals surface area contributed by atoms with Crippen LogP contribution in [0, 0.1) is 5.82 Å². The number of aromatic amines is 1. The number of aromatic nitrogens is 7. The highest BCUT2D eigenvalue weighted by molar-refractivity contribution is 7.47. The zero-order valence-corrected chi connectivity index (χ0v) is 24.7.